The Balaban J connectivity index is 1.83. The monoisotopic (exact) mass is 396 g/mol. The molecule has 3 rings (SSSR count). The van der Waals surface area contributed by atoms with Crippen molar-refractivity contribution in [3.8, 4) is 5.75 Å². The van der Waals surface area contributed by atoms with Crippen LogP contribution < -0.4 is 14.2 Å². The Morgan fingerprint density at radius 1 is 1.00 bits per heavy atom. The predicted octanol–water partition coefficient (Wildman–Crippen LogP) is 3.69. The Labute approximate surface area is 164 Å². The van der Waals surface area contributed by atoms with Gasteiger partial charge in [-0.1, -0.05) is 30.4 Å². The number of pyridine rings is 1. The van der Waals surface area contributed by atoms with Crippen molar-refractivity contribution >= 4 is 27.9 Å². The number of anilines is 1. The van der Waals surface area contributed by atoms with Crippen molar-refractivity contribution in [1.29, 1.82) is 0 Å². The van der Waals surface area contributed by atoms with Crippen LogP contribution in [0.25, 0.3) is 12.2 Å². The summed E-state index contributed by atoms with van der Waals surface area (Å²) in [5.41, 5.74) is 1.99. The number of ether oxygens (including phenoxy) is 1. The molecule has 0 fully saturated rings. The van der Waals surface area contributed by atoms with E-state index >= 15 is 0 Å². The number of nitrogens with one attached hydrogen (secondary N) is 1. The Kier molecular flexibility index (Phi) is 5.96. The Morgan fingerprint density at radius 2 is 1.68 bits per heavy atom. The van der Waals surface area contributed by atoms with Gasteiger partial charge in [0.25, 0.3) is 10.0 Å². The quantitative estimate of drug-likeness (QED) is 0.488. The van der Waals surface area contributed by atoms with Gasteiger partial charge in [-0.05, 0) is 48.4 Å². The largest absolute Gasteiger partial charge is 0.619 e. The molecule has 1 heterocycles. The van der Waals surface area contributed by atoms with E-state index in [1.807, 2.05) is 25.1 Å². The van der Waals surface area contributed by atoms with Crippen LogP contribution in [-0.2, 0) is 10.0 Å². The van der Waals surface area contributed by atoms with E-state index in [0.717, 1.165) is 5.56 Å². The molecule has 0 atom stereocenters. The summed E-state index contributed by atoms with van der Waals surface area (Å²) in [6.45, 7) is 2.38. The Morgan fingerprint density at radius 3 is 2.36 bits per heavy atom. The highest BCUT2D eigenvalue weighted by Gasteiger charge is 2.15. The second-order valence-corrected chi connectivity index (χ2v) is 7.60. The Bertz CT molecular complexity index is 1060. The average molecular weight is 396 g/mol. The molecule has 0 radical (unpaired) electrons. The van der Waals surface area contributed by atoms with Crippen molar-refractivity contribution in [2.75, 3.05) is 11.3 Å². The first kappa shape index (κ1) is 19.4. The lowest BCUT2D eigenvalue weighted by molar-refractivity contribution is -0.605. The number of benzene rings is 2. The molecule has 0 aliphatic carbocycles. The van der Waals surface area contributed by atoms with Crippen LogP contribution in [0.15, 0.2) is 78.0 Å². The number of hydrogen-bond donors (Lipinski definition) is 1. The standard InChI is InChI=1S/C21H20N2O4S/c1-2-27-19-9-11-20(12-10-19)28(25,26)22-21-6-4-3-5-18(21)8-7-17-13-15-23(24)16-14-17/h3-16,22H,2H2,1H3/b8-7+. The minimum Gasteiger partial charge on any atom is -0.619 e. The van der Waals surface area contributed by atoms with Gasteiger partial charge in [0.1, 0.15) is 5.75 Å². The number of aromatic nitrogens is 1. The summed E-state index contributed by atoms with van der Waals surface area (Å²) in [7, 11) is -3.74. The summed E-state index contributed by atoms with van der Waals surface area (Å²) >= 11 is 0. The molecule has 0 saturated carbocycles. The van der Waals surface area contributed by atoms with E-state index in [9.17, 15) is 13.6 Å². The fourth-order valence-corrected chi connectivity index (χ4v) is 3.63. The van der Waals surface area contributed by atoms with Crippen LogP contribution in [0, 0.1) is 5.21 Å². The number of rotatable bonds is 7. The molecule has 0 amide bonds. The minimum atomic E-state index is -3.74. The third kappa shape index (κ3) is 4.89. The van der Waals surface area contributed by atoms with Crippen molar-refractivity contribution in [1.82, 2.24) is 0 Å². The van der Waals surface area contributed by atoms with Crippen LogP contribution in [0.2, 0.25) is 0 Å². The molecule has 28 heavy (non-hydrogen) atoms. The van der Waals surface area contributed by atoms with Crippen LogP contribution in [-0.4, -0.2) is 15.0 Å². The molecule has 1 N–H and O–H groups in total. The SMILES string of the molecule is CCOc1ccc(S(=O)(=O)Nc2ccccc2/C=C/c2cc[n+]([O-])cc2)cc1. The maximum Gasteiger partial charge on any atom is 0.261 e. The molecule has 144 valence electrons. The zero-order valence-electron chi connectivity index (χ0n) is 15.3. The summed E-state index contributed by atoms with van der Waals surface area (Å²) < 4.78 is 34.1. The molecule has 2 aromatic carbocycles. The van der Waals surface area contributed by atoms with Gasteiger partial charge in [-0.3, -0.25) is 4.72 Å². The second kappa shape index (κ2) is 8.58. The number of sulfonamides is 1. The highest BCUT2D eigenvalue weighted by molar-refractivity contribution is 7.92. The fourth-order valence-electron chi connectivity index (χ4n) is 2.54. The molecule has 3 aromatic rings. The maximum absolute atomic E-state index is 12.7. The summed E-state index contributed by atoms with van der Waals surface area (Å²) in [6, 6.07) is 16.7. The third-order valence-corrected chi connectivity index (χ3v) is 5.31. The van der Waals surface area contributed by atoms with E-state index < -0.39 is 10.0 Å². The van der Waals surface area contributed by atoms with E-state index in [2.05, 4.69) is 4.72 Å². The summed E-state index contributed by atoms with van der Waals surface area (Å²) in [5.74, 6) is 0.618. The number of nitrogens with zero attached hydrogens (tertiary/aromatic N) is 1. The van der Waals surface area contributed by atoms with Crippen molar-refractivity contribution in [2.45, 2.75) is 11.8 Å². The van der Waals surface area contributed by atoms with Crippen molar-refractivity contribution in [2.24, 2.45) is 0 Å². The smallest absolute Gasteiger partial charge is 0.261 e. The van der Waals surface area contributed by atoms with E-state index in [1.54, 1.807) is 42.5 Å². The molecule has 1 aromatic heterocycles. The maximum atomic E-state index is 12.7. The highest BCUT2D eigenvalue weighted by atomic mass is 32.2. The summed E-state index contributed by atoms with van der Waals surface area (Å²) in [6.07, 6.45) is 6.41. The normalized spacial score (nSPS) is 11.5. The molecule has 0 spiro atoms. The fraction of sp³-hybridized carbons (Fsp3) is 0.0952. The zero-order chi connectivity index (χ0) is 20.0. The van der Waals surface area contributed by atoms with Crippen molar-refractivity contribution < 1.29 is 17.9 Å². The van der Waals surface area contributed by atoms with Gasteiger partial charge < -0.3 is 9.94 Å². The lowest BCUT2D eigenvalue weighted by Gasteiger charge is -2.11. The first-order valence-electron chi connectivity index (χ1n) is 8.69. The van der Waals surface area contributed by atoms with Gasteiger partial charge >= 0.3 is 0 Å². The third-order valence-electron chi connectivity index (χ3n) is 3.93. The molecule has 0 bridgehead atoms. The number of para-hydroxylation sites is 1. The Hall–Kier alpha value is -3.32. The number of hydrogen-bond acceptors (Lipinski definition) is 4. The first-order valence-corrected chi connectivity index (χ1v) is 10.2. The highest BCUT2D eigenvalue weighted by Crippen LogP contribution is 2.23. The lowest BCUT2D eigenvalue weighted by Crippen LogP contribution is -2.23. The van der Waals surface area contributed by atoms with Crippen LogP contribution in [0.3, 0.4) is 0 Å². The van der Waals surface area contributed by atoms with Gasteiger partial charge in [-0.2, -0.15) is 4.73 Å². The lowest BCUT2D eigenvalue weighted by atomic mass is 10.1. The van der Waals surface area contributed by atoms with E-state index in [1.165, 1.54) is 24.5 Å². The van der Waals surface area contributed by atoms with Gasteiger partial charge in [0, 0.05) is 12.1 Å². The molecule has 6 nitrogen and oxygen atoms in total. The van der Waals surface area contributed by atoms with Crippen molar-refractivity contribution in [3.05, 3.63) is 89.4 Å². The molecule has 0 unspecified atom stereocenters. The van der Waals surface area contributed by atoms with Crippen molar-refractivity contribution in [3.63, 3.8) is 0 Å². The molecule has 0 aliphatic heterocycles. The summed E-state index contributed by atoms with van der Waals surface area (Å²) in [4.78, 5) is 0.151. The second-order valence-electron chi connectivity index (χ2n) is 5.92. The molecule has 0 aliphatic rings. The van der Waals surface area contributed by atoms with E-state index in [4.69, 9.17) is 4.74 Å². The van der Waals surface area contributed by atoms with Crippen LogP contribution >= 0.6 is 0 Å². The van der Waals surface area contributed by atoms with E-state index in [-0.39, 0.29) is 4.90 Å². The van der Waals surface area contributed by atoms with Gasteiger partial charge in [0.2, 0.25) is 0 Å². The predicted molar refractivity (Wildman–Crippen MR) is 109 cm³/mol. The molecule has 0 saturated heterocycles. The van der Waals surface area contributed by atoms with Gasteiger partial charge in [0.05, 0.1) is 17.2 Å². The summed E-state index contributed by atoms with van der Waals surface area (Å²) in [5, 5.41) is 11.1. The van der Waals surface area contributed by atoms with E-state index in [0.29, 0.717) is 28.3 Å². The topological polar surface area (TPSA) is 82.3 Å². The minimum absolute atomic E-state index is 0.151. The van der Waals surface area contributed by atoms with Gasteiger partial charge in [-0.25, -0.2) is 8.42 Å². The molecular weight excluding hydrogens is 376 g/mol. The molecular formula is C21H20N2O4S. The first-order chi connectivity index (χ1) is 13.5. The van der Waals surface area contributed by atoms with Crippen LogP contribution in [0.5, 0.6) is 5.75 Å². The molecule has 7 heteroatoms. The zero-order valence-corrected chi connectivity index (χ0v) is 16.1. The van der Waals surface area contributed by atoms with Crippen LogP contribution in [0.4, 0.5) is 5.69 Å². The van der Waals surface area contributed by atoms with Gasteiger partial charge in [0.15, 0.2) is 12.4 Å². The van der Waals surface area contributed by atoms with Crippen LogP contribution in [0.1, 0.15) is 18.1 Å². The average Bonchev–Trinajstić information content (AvgIpc) is 2.69. The van der Waals surface area contributed by atoms with Gasteiger partial charge in [-0.15, -0.1) is 0 Å².